The number of nitrogens with one attached hydrogen (secondary N) is 1. The lowest BCUT2D eigenvalue weighted by molar-refractivity contribution is 0.203. The van der Waals surface area contributed by atoms with Crippen molar-refractivity contribution in [1.29, 1.82) is 0 Å². The second-order valence-corrected chi connectivity index (χ2v) is 8.30. The quantitative estimate of drug-likeness (QED) is 0.409. The van der Waals surface area contributed by atoms with Crippen LogP contribution in [0, 0.1) is 12.7 Å². The van der Waals surface area contributed by atoms with E-state index in [2.05, 4.69) is 15.5 Å². The summed E-state index contributed by atoms with van der Waals surface area (Å²) < 4.78 is 19.8. The van der Waals surface area contributed by atoms with Gasteiger partial charge in [0.1, 0.15) is 5.82 Å². The zero-order chi connectivity index (χ0) is 23.7. The number of carbonyl (C=O) groups is 1. The molecule has 1 unspecified atom stereocenters. The maximum Gasteiger partial charge on any atom is 0.322 e. The molecule has 0 aliphatic carbocycles. The highest BCUT2D eigenvalue weighted by Crippen LogP contribution is 2.38. The molecule has 4 aromatic rings. The molecule has 0 saturated heterocycles. The van der Waals surface area contributed by atoms with Crippen LogP contribution < -0.4 is 5.32 Å². The summed E-state index contributed by atoms with van der Waals surface area (Å²) in [5.41, 5.74) is 4.82. The standard InChI is InChI=1S/C27H23FN4O2/c1-17-11-13-20(14-12-17)25-30-26(34-31-25)23-18(2)32(16-19-7-4-3-5-8-19)27(33)29-24(23)21-9-6-10-22(28)15-21/h3-15,24H,16H2,1-2H3,(H,29,33). The van der Waals surface area contributed by atoms with E-state index in [1.54, 1.807) is 17.0 Å². The van der Waals surface area contributed by atoms with Crippen molar-refractivity contribution in [1.82, 2.24) is 20.4 Å². The number of halogens is 1. The minimum absolute atomic E-state index is 0.278. The topological polar surface area (TPSA) is 71.3 Å². The van der Waals surface area contributed by atoms with E-state index in [1.165, 1.54) is 12.1 Å². The van der Waals surface area contributed by atoms with E-state index in [0.29, 0.717) is 29.2 Å². The Balaban J connectivity index is 1.60. The number of hydrogen-bond donors (Lipinski definition) is 1. The van der Waals surface area contributed by atoms with Crippen LogP contribution in [0.1, 0.15) is 35.5 Å². The van der Waals surface area contributed by atoms with E-state index < -0.39 is 6.04 Å². The number of urea groups is 1. The van der Waals surface area contributed by atoms with Crippen LogP contribution in [0.3, 0.4) is 0 Å². The molecule has 1 N–H and O–H groups in total. The number of benzene rings is 3. The van der Waals surface area contributed by atoms with Crippen LogP contribution in [0.15, 0.2) is 89.1 Å². The predicted octanol–water partition coefficient (Wildman–Crippen LogP) is 5.88. The summed E-state index contributed by atoms with van der Waals surface area (Å²) in [6.07, 6.45) is 0. The lowest BCUT2D eigenvalue weighted by Crippen LogP contribution is -2.45. The molecule has 0 fully saturated rings. The fraction of sp³-hybridized carbons (Fsp3) is 0.148. The summed E-state index contributed by atoms with van der Waals surface area (Å²) >= 11 is 0. The number of rotatable bonds is 5. The molecular weight excluding hydrogens is 431 g/mol. The monoisotopic (exact) mass is 454 g/mol. The highest BCUT2D eigenvalue weighted by Gasteiger charge is 2.36. The maximum atomic E-state index is 14.1. The maximum absolute atomic E-state index is 14.1. The third-order valence-electron chi connectivity index (χ3n) is 5.93. The lowest BCUT2D eigenvalue weighted by atomic mass is 9.94. The third kappa shape index (κ3) is 4.20. The first-order chi connectivity index (χ1) is 16.5. The average Bonchev–Trinajstić information content (AvgIpc) is 3.32. The largest absolute Gasteiger partial charge is 0.334 e. The molecule has 0 bridgehead atoms. The van der Waals surface area contributed by atoms with Gasteiger partial charge in [0, 0.05) is 11.3 Å². The second-order valence-electron chi connectivity index (χ2n) is 8.30. The molecule has 7 heteroatoms. The van der Waals surface area contributed by atoms with E-state index in [4.69, 9.17) is 4.52 Å². The van der Waals surface area contributed by atoms with Crippen LogP contribution in [0.25, 0.3) is 17.0 Å². The first-order valence-corrected chi connectivity index (χ1v) is 11.0. The summed E-state index contributed by atoms with van der Waals surface area (Å²) in [5.74, 6) is 0.335. The molecule has 0 saturated carbocycles. The Morgan fingerprint density at radius 3 is 2.50 bits per heavy atom. The predicted molar refractivity (Wildman–Crippen MR) is 127 cm³/mol. The van der Waals surface area contributed by atoms with Crippen LogP contribution in [0.4, 0.5) is 9.18 Å². The second kappa shape index (κ2) is 8.94. The van der Waals surface area contributed by atoms with Gasteiger partial charge in [0.15, 0.2) is 0 Å². The Kier molecular flexibility index (Phi) is 5.67. The Bertz CT molecular complexity index is 1360. The first-order valence-electron chi connectivity index (χ1n) is 11.0. The molecule has 2 heterocycles. The summed E-state index contributed by atoms with van der Waals surface area (Å²) in [6, 6.07) is 22.8. The summed E-state index contributed by atoms with van der Waals surface area (Å²) in [4.78, 5) is 19.4. The molecule has 1 atom stereocenters. The lowest BCUT2D eigenvalue weighted by Gasteiger charge is -2.35. The van der Waals surface area contributed by atoms with Crippen molar-refractivity contribution < 1.29 is 13.7 Å². The van der Waals surface area contributed by atoms with Crippen LogP contribution in [0.2, 0.25) is 0 Å². The molecule has 0 radical (unpaired) electrons. The van der Waals surface area contributed by atoms with Gasteiger partial charge in [-0.25, -0.2) is 9.18 Å². The van der Waals surface area contributed by atoms with E-state index in [9.17, 15) is 9.18 Å². The zero-order valence-electron chi connectivity index (χ0n) is 18.8. The third-order valence-corrected chi connectivity index (χ3v) is 5.93. The number of amides is 2. The number of aryl methyl sites for hydroxylation is 1. The average molecular weight is 455 g/mol. The van der Waals surface area contributed by atoms with Crippen molar-refractivity contribution in [3.63, 3.8) is 0 Å². The molecule has 0 spiro atoms. The van der Waals surface area contributed by atoms with E-state index in [1.807, 2.05) is 68.4 Å². The smallest absolute Gasteiger partial charge is 0.322 e. The van der Waals surface area contributed by atoms with Crippen LogP contribution in [-0.2, 0) is 6.54 Å². The summed E-state index contributed by atoms with van der Waals surface area (Å²) in [7, 11) is 0. The molecule has 5 rings (SSSR count). The molecule has 170 valence electrons. The van der Waals surface area contributed by atoms with Gasteiger partial charge in [-0.15, -0.1) is 0 Å². The number of carbonyl (C=O) groups excluding carboxylic acids is 1. The minimum atomic E-state index is -0.637. The fourth-order valence-corrected chi connectivity index (χ4v) is 4.10. The van der Waals surface area contributed by atoms with Crippen molar-refractivity contribution in [2.75, 3.05) is 0 Å². The van der Waals surface area contributed by atoms with Gasteiger partial charge < -0.3 is 9.84 Å². The molecule has 1 aliphatic heterocycles. The summed E-state index contributed by atoms with van der Waals surface area (Å²) in [5, 5.41) is 7.17. The Labute approximate surface area is 196 Å². The Morgan fingerprint density at radius 1 is 1.00 bits per heavy atom. The van der Waals surface area contributed by atoms with Gasteiger partial charge in [-0.1, -0.05) is 77.5 Å². The molecule has 2 amide bonds. The molecule has 34 heavy (non-hydrogen) atoms. The fourth-order valence-electron chi connectivity index (χ4n) is 4.10. The van der Waals surface area contributed by atoms with Crippen LogP contribution >= 0.6 is 0 Å². The minimum Gasteiger partial charge on any atom is -0.334 e. The molecule has 1 aliphatic rings. The Hall–Kier alpha value is -4.26. The van der Waals surface area contributed by atoms with E-state index >= 15 is 0 Å². The molecular formula is C27H23FN4O2. The van der Waals surface area contributed by atoms with Crippen molar-refractivity contribution in [3.8, 4) is 11.4 Å². The van der Waals surface area contributed by atoms with Crippen molar-refractivity contribution in [3.05, 3.63) is 113 Å². The van der Waals surface area contributed by atoms with Gasteiger partial charge in [0.25, 0.3) is 5.89 Å². The number of allylic oxidation sites excluding steroid dienone is 1. The van der Waals surface area contributed by atoms with Gasteiger partial charge >= 0.3 is 6.03 Å². The normalized spacial score (nSPS) is 16.0. The SMILES string of the molecule is CC1=C(c2nc(-c3ccc(C)cc3)no2)C(c2cccc(F)c2)NC(=O)N1Cc1ccccc1. The number of aromatic nitrogens is 2. The van der Waals surface area contributed by atoms with Gasteiger partial charge in [-0.2, -0.15) is 4.98 Å². The zero-order valence-corrected chi connectivity index (χ0v) is 18.8. The molecule has 1 aromatic heterocycles. The molecule has 3 aromatic carbocycles. The van der Waals surface area contributed by atoms with Crippen molar-refractivity contribution >= 4 is 11.6 Å². The van der Waals surface area contributed by atoms with Gasteiger partial charge in [0.2, 0.25) is 5.82 Å². The van der Waals surface area contributed by atoms with Crippen molar-refractivity contribution in [2.45, 2.75) is 26.4 Å². The van der Waals surface area contributed by atoms with Gasteiger partial charge in [0.05, 0.1) is 18.2 Å². The van der Waals surface area contributed by atoms with Gasteiger partial charge in [-0.3, -0.25) is 4.90 Å². The van der Waals surface area contributed by atoms with E-state index in [0.717, 1.165) is 16.7 Å². The number of nitrogens with zero attached hydrogens (tertiary/aromatic N) is 3. The highest BCUT2D eigenvalue weighted by atomic mass is 19.1. The number of hydrogen-bond acceptors (Lipinski definition) is 4. The highest BCUT2D eigenvalue weighted by molar-refractivity contribution is 5.86. The Morgan fingerprint density at radius 2 is 1.76 bits per heavy atom. The summed E-state index contributed by atoms with van der Waals surface area (Å²) in [6.45, 7) is 4.23. The first kappa shape index (κ1) is 21.6. The van der Waals surface area contributed by atoms with Crippen LogP contribution in [0.5, 0.6) is 0 Å². The van der Waals surface area contributed by atoms with Gasteiger partial charge in [-0.05, 0) is 37.1 Å². The molecule has 6 nitrogen and oxygen atoms in total. The van der Waals surface area contributed by atoms with Crippen LogP contribution in [-0.4, -0.2) is 21.1 Å². The van der Waals surface area contributed by atoms with E-state index in [-0.39, 0.29) is 17.7 Å². The van der Waals surface area contributed by atoms with Crippen molar-refractivity contribution in [2.24, 2.45) is 0 Å².